The maximum atomic E-state index is 5.83. The lowest BCUT2D eigenvalue weighted by Crippen LogP contribution is -2.00. The van der Waals surface area contributed by atoms with Gasteiger partial charge in [-0.25, -0.2) is 4.98 Å². The van der Waals surface area contributed by atoms with Crippen LogP contribution in [-0.2, 0) is 6.61 Å². The minimum absolute atomic E-state index is 0.300. The third kappa shape index (κ3) is 2.89. The van der Waals surface area contributed by atoms with Crippen molar-refractivity contribution in [2.45, 2.75) is 13.5 Å². The number of rotatable bonds is 5. The molecule has 3 rings (SSSR count). The van der Waals surface area contributed by atoms with E-state index in [1.807, 2.05) is 37.3 Å². The first-order valence-electron chi connectivity index (χ1n) is 6.72. The number of hydrogen-bond acceptors (Lipinski definition) is 5. The molecule has 6 heteroatoms. The second kappa shape index (κ2) is 5.70. The smallest absolute Gasteiger partial charge is 0.215 e. The standard InChI is InChI=1S/C15H16N4O2/c1-2-20-14-8-7-11-15(19-14)18-13(17-11)9-21-12-6-4-3-5-10(12)16/h3-8H,2,9,16H2,1H3,(H,17,18,19). The Morgan fingerprint density at radius 3 is 2.76 bits per heavy atom. The number of aromatic amines is 1. The van der Waals surface area contributed by atoms with Gasteiger partial charge < -0.3 is 20.2 Å². The zero-order valence-corrected chi connectivity index (χ0v) is 11.7. The number of aromatic nitrogens is 3. The normalized spacial score (nSPS) is 10.7. The summed E-state index contributed by atoms with van der Waals surface area (Å²) in [6.07, 6.45) is 0. The average molecular weight is 284 g/mol. The highest BCUT2D eigenvalue weighted by atomic mass is 16.5. The van der Waals surface area contributed by atoms with Crippen molar-refractivity contribution >= 4 is 16.9 Å². The summed E-state index contributed by atoms with van der Waals surface area (Å²) >= 11 is 0. The molecule has 21 heavy (non-hydrogen) atoms. The van der Waals surface area contributed by atoms with Gasteiger partial charge in [0.2, 0.25) is 5.88 Å². The Kier molecular flexibility index (Phi) is 3.59. The van der Waals surface area contributed by atoms with Crippen LogP contribution in [-0.4, -0.2) is 21.6 Å². The molecule has 6 nitrogen and oxygen atoms in total. The molecule has 0 bridgehead atoms. The maximum absolute atomic E-state index is 5.83. The van der Waals surface area contributed by atoms with Crippen molar-refractivity contribution in [1.29, 1.82) is 0 Å². The predicted molar refractivity (Wildman–Crippen MR) is 80.2 cm³/mol. The fraction of sp³-hybridized carbons (Fsp3) is 0.200. The molecule has 0 saturated carbocycles. The number of anilines is 1. The molecule has 0 radical (unpaired) electrons. The summed E-state index contributed by atoms with van der Waals surface area (Å²) in [4.78, 5) is 11.9. The molecule has 2 heterocycles. The lowest BCUT2D eigenvalue weighted by Gasteiger charge is -2.06. The summed E-state index contributed by atoms with van der Waals surface area (Å²) in [7, 11) is 0. The summed E-state index contributed by atoms with van der Waals surface area (Å²) in [5.74, 6) is 1.89. The number of nitrogens with zero attached hydrogens (tertiary/aromatic N) is 2. The van der Waals surface area contributed by atoms with Crippen LogP contribution in [0.1, 0.15) is 12.7 Å². The molecule has 3 aromatic rings. The van der Waals surface area contributed by atoms with Gasteiger partial charge in [-0.3, -0.25) is 0 Å². The number of nitrogens with two attached hydrogens (primary N) is 1. The first-order valence-corrected chi connectivity index (χ1v) is 6.72. The van der Waals surface area contributed by atoms with Gasteiger partial charge in [0.1, 0.15) is 18.2 Å². The molecule has 3 N–H and O–H groups in total. The van der Waals surface area contributed by atoms with Crippen LogP contribution in [0.15, 0.2) is 36.4 Å². The second-order valence-electron chi connectivity index (χ2n) is 4.46. The van der Waals surface area contributed by atoms with Gasteiger partial charge in [-0.2, -0.15) is 4.98 Å². The summed E-state index contributed by atoms with van der Waals surface area (Å²) in [6, 6.07) is 11.1. The highest BCUT2D eigenvalue weighted by molar-refractivity contribution is 5.71. The van der Waals surface area contributed by atoms with E-state index < -0.39 is 0 Å². The Labute approximate surface area is 121 Å². The van der Waals surface area contributed by atoms with Crippen molar-refractivity contribution < 1.29 is 9.47 Å². The molecule has 0 aliphatic rings. The zero-order valence-electron chi connectivity index (χ0n) is 11.7. The number of fused-ring (bicyclic) bond motifs is 1. The number of ether oxygens (including phenoxy) is 2. The van der Waals surface area contributed by atoms with E-state index in [-0.39, 0.29) is 0 Å². The molecular weight excluding hydrogens is 268 g/mol. The van der Waals surface area contributed by atoms with Crippen molar-refractivity contribution in [1.82, 2.24) is 15.0 Å². The van der Waals surface area contributed by atoms with Crippen LogP contribution in [0, 0.1) is 0 Å². The molecule has 0 spiro atoms. The van der Waals surface area contributed by atoms with Gasteiger partial charge in [0, 0.05) is 6.07 Å². The van der Waals surface area contributed by atoms with Crippen molar-refractivity contribution in [2.24, 2.45) is 0 Å². The van der Waals surface area contributed by atoms with Gasteiger partial charge in [0.25, 0.3) is 0 Å². The van der Waals surface area contributed by atoms with E-state index in [1.54, 1.807) is 6.07 Å². The average Bonchev–Trinajstić information content (AvgIpc) is 2.89. The van der Waals surface area contributed by atoms with Crippen molar-refractivity contribution in [3.8, 4) is 11.6 Å². The van der Waals surface area contributed by atoms with E-state index in [0.717, 1.165) is 5.52 Å². The van der Waals surface area contributed by atoms with Gasteiger partial charge in [-0.15, -0.1) is 0 Å². The van der Waals surface area contributed by atoms with Crippen molar-refractivity contribution in [3.05, 3.63) is 42.2 Å². The quantitative estimate of drug-likeness (QED) is 0.703. The Morgan fingerprint density at radius 1 is 1.10 bits per heavy atom. The summed E-state index contributed by atoms with van der Waals surface area (Å²) in [6.45, 7) is 2.79. The number of imidazole rings is 1. The largest absolute Gasteiger partial charge is 0.484 e. The number of hydrogen-bond donors (Lipinski definition) is 2. The summed E-state index contributed by atoms with van der Waals surface area (Å²) < 4.78 is 11.0. The summed E-state index contributed by atoms with van der Waals surface area (Å²) in [5, 5.41) is 0. The van der Waals surface area contributed by atoms with E-state index in [0.29, 0.717) is 42.0 Å². The Balaban J connectivity index is 1.77. The first kappa shape index (κ1) is 13.2. The molecule has 2 aromatic heterocycles. The molecule has 0 aliphatic heterocycles. The molecule has 0 amide bonds. The molecule has 0 saturated heterocycles. The van der Waals surface area contributed by atoms with Crippen molar-refractivity contribution in [2.75, 3.05) is 12.3 Å². The van der Waals surface area contributed by atoms with Gasteiger partial charge in [0.15, 0.2) is 5.65 Å². The first-order chi connectivity index (χ1) is 10.3. The van der Waals surface area contributed by atoms with Crippen LogP contribution in [0.4, 0.5) is 5.69 Å². The number of nitrogen functional groups attached to an aromatic ring is 1. The van der Waals surface area contributed by atoms with E-state index in [2.05, 4.69) is 15.0 Å². The lowest BCUT2D eigenvalue weighted by molar-refractivity contribution is 0.299. The topological polar surface area (TPSA) is 86.0 Å². The number of pyridine rings is 1. The highest BCUT2D eigenvalue weighted by Crippen LogP contribution is 2.21. The Morgan fingerprint density at radius 2 is 1.95 bits per heavy atom. The van der Waals surface area contributed by atoms with Crippen LogP contribution >= 0.6 is 0 Å². The monoisotopic (exact) mass is 284 g/mol. The van der Waals surface area contributed by atoms with E-state index in [1.165, 1.54) is 0 Å². The van der Waals surface area contributed by atoms with Crippen LogP contribution in [0.25, 0.3) is 11.2 Å². The van der Waals surface area contributed by atoms with Crippen LogP contribution in [0.3, 0.4) is 0 Å². The van der Waals surface area contributed by atoms with Crippen LogP contribution < -0.4 is 15.2 Å². The number of nitrogens with one attached hydrogen (secondary N) is 1. The Hall–Kier alpha value is -2.76. The Bertz CT molecular complexity index is 754. The van der Waals surface area contributed by atoms with Gasteiger partial charge in [-0.05, 0) is 25.1 Å². The number of para-hydroxylation sites is 2. The lowest BCUT2D eigenvalue weighted by atomic mass is 10.3. The van der Waals surface area contributed by atoms with Crippen LogP contribution in [0.5, 0.6) is 11.6 Å². The minimum Gasteiger partial charge on any atom is -0.484 e. The molecular formula is C15H16N4O2. The zero-order chi connectivity index (χ0) is 14.7. The predicted octanol–water partition coefficient (Wildman–Crippen LogP) is 2.52. The molecule has 0 aliphatic carbocycles. The number of H-pyrrole nitrogens is 1. The highest BCUT2D eigenvalue weighted by Gasteiger charge is 2.07. The van der Waals surface area contributed by atoms with Crippen LogP contribution in [0.2, 0.25) is 0 Å². The molecule has 108 valence electrons. The minimum atomic E-state index is 0.300. The molecule has 1 aromatic carbocycles. The SMILES string of the molecule is CCOc1ccc2[nH]c(COc3ccccc3N)nc2n1. The maximum Gasteiger partial charge on any atom is 0.215 e. The van der Waals surface area contributed by atoms with E-state index >= 15 is 0 Å². The summed E-state index contributed by atoms with van der Waals surface area (Å²) in [5.41, 5.74) is 7.89. The third-order valence-corrected chi connectivity index (χ3v) is 2.95. The van der Waals surface area contributed by atoms with Gasteiger partial charge in [0.05, 0.1) is 17.8 Å². The second-order valence-corrected chi connectivity index (χ2v) is 4.46. The fourth-order valence-electron chi connectivity index (χ4n) is 1.98. The van der Waals surface area contributed by atoms with E-state index in [4.69, 9.17) is 15.2 Å². The fourth-order valence-corrected chi connectivity index (χ4v) is 1.98. The molecule has 0 unspecified atom stereocenters. The third-order valence-electron chi connectivity index (χ3n) is 2.95. The van der Waals surface area contributed by atoms with Gasteiger partial charge in [-0.1, -0.05) is 12.1 Å². The van der Waals surface area contributed by atoms with Crippen molar-refractivity contribution in [3.63, 3.8) is 0 Å². The van der Waals surface area contributed by atoms with E-state index in [9.17, 15) is 0 Å². The van der Waals surface area contributed by atoms with Gasteiger partial charge >= 0.3 is 0 Å². The molecule has 0 atom stereocenters. The number of benzene rings is 1. The molecule has 0 fully saturated rings.